The summed E-state index contributed by atoms with van der Waals surface area (Å²) >= 11 is 0.807. The Kier molecular flexibility index (Phi) is 12.6. The van der Waals surface area contributed by atoms with Crippen LogP contribution in [0.2, 0.25) is 0 Å². The fourth-order valence-electron chi connectivity index (χ4n) is 7.76. The van der Waals surface area contributed by atoms with Crippen molar-refractivity contribution in [2.45, 2.75) is 64.5 Å². The van der Waals surface area contributed by atoms with Gasteiger partial charge in [-0.1, -0.05) is 30.1 Å². The molecule has 1 amide bonds. The van der Waals surface area contributed by atoms with E-state index in [-0.39, 0.29) is 28.0 Å². The van der Waals surface area contributed by atoms with Crippen LogP contribution in [-0.2, 0) is 19.5 Å². The van der Waals surface area contributed by atoms with Gasteiger partial charge >= 0.3 is 0 Å². The number of fused-ring (bicyclic) bond motifs is 4. The molecule has 0 saturated carbocycles. The van der Waals surface area contributed by atoms with E-state index in [9.17, 15) is 32.9 Å². The first-order valence-electron chi connectivity index (χ1n) is 18.9. The molecule has 0 bridgehead atoms. The van der Waals surface area contributed by atoms with Crippen molar-refractivity contribution in [3.63, 3.8) is 0 Å². The van der Waals surface area contributed by atoms with Crippen LogP contribution in [0.4, 0.5) is 5.69 Å². The van der Waals surface area contributed by atoms with E-state index in [1.807, 2.05) is 64.6 Å². The third kappa shape index (κ3) is 9.18. The summed E-state index contributed by atoms with van der Waals surface area (Å²) in [6.07, 6.45) is 6.77. The van der Waals surface area contributed by atoms with E-state index >= 15 is 0 Å². The summed E-state index contributed by atoms with van der Waals surface area (Å²) in [6.45, 7) is 8.57. The van der Waals surface area contributed by atoms with Gasteiger partial charge in [-0.3, -0.25) is 9.83 Å². The quantitative estimate of drug-likeness (QED) is 0.0197. The van der Waals surface area contributed by atoms with Gasteiger partial charge in [-0.05, 0) is 79.3 Å². The Bertz CT molecular complexity index is 2580. The Morgan fingerprint density at radius 2 is 1.73 bits per heavy atom. The minimum absolute atomic E-state index is 0.0988. The second-order valence-electron chi connectivity index (χ2n) is 15.7. The van der Waals surface area contributed by atoms with E-state index in [1.165, 1.54) is 18.2 Å². The number of nitrogens with one attached hydrogen (secondary N) is 1. The van der Waals surface area contributed by atoms with Crippen molar-refractivity contribution in [2.24, 2.45) is 5.11 Å². The van der Waals surface area contributed by atoms with Crippen LogP contribution in [0.25, 0.3) is 27.2 Å². The molecule has 16 nitrogen and oxygen atoms in total. The van der Waals surface area contributed by atoms with Crippen molar-refractivity contribution in [1.29, 1.82) is 0 Å². The van der Waals surface area contributed by atoms with E-state index in [2.05, 4.69) is 29.6 Å². The van der Waals surface area contributed by atoms with Gasteiger partial charge in [0.2, 0.25) is 5.36 Å². The minimum atomic E-state index is -4.72. The number of amides is 1. The van der Waals surface area contributed by atoms with Crippen LogP contribution in [0, 0.1) is 0 Å². The van der Waals surface area contributed by atoms with Crippen molar-refractivity contribution < 1.29 is 47.0 Å². The van der Waals surface area contributed by atoms with Crippen molar-refractivity contribution in [3.8, 4) is 11.5 Å². The Labute approximate surface area is 345 Å². The minimum Gasteiger partial charge on any atom is -0.748 e. The predicted octanol–water partition coefficient (Wildman–Crippen LogP) is 3.33. The zero-order chi connectivity index (χ0) is 42.9. The van der Waals surface area contributed by atoms with Crippen molar-refractivity contribution in [2.75, 3.05) is 43.6 Å². The highest BCUT2D eigenvalue weighted by molar-refractivity contribution is 7.95. The van der Waals surface area contributed by atoms with Crippen molar-refractivity contribution in [3.05, 3.63) is 109 Å². The van der Waals surface area contributed by atoms with Gasteiger partial charge in [0.25, 0.3) is 5.91 Å². The fourth-order valence-corrected chi connectivity index (χ4v) is 8.84. The highest BCUT2D eigenvalue weighted by Crippen LogP contribution is 2.47. The largest absolute Gasteiger partial charge is 0.748 e. The molecule has 0 aliphatic carbocycles. The molecular weight excluding hydrogens is 801 g/mol. The second kappa shape index (κ2) is 17.2. The number of ether oxygens (including phenoxy) is 1. The van der Waals surface area contributed by atoms with E-state index in [0.717, 1.165) is 48.1 Å². The number of carbonyl (C=O) groups is 2. The number of likely N-dealkylation sites (N-methyl/N-ethyl adjacent to an activating group) is 2. The summed E-state index contributed by atoms with van der Waals surface area (Å²) in [6, 6.07) is 11.5. The number of benzene rings is 3. The van der Waals surface area contributed by atoms with Gasteiger partial charge in [0, 0.05) is 101 Å². The number of unbranched alkanes of at least 4 members (excludes halogenated alkanes) is 3. The van der Waals surface area contributed by atoms with Crippen molar-refractivity contribution >= 4 is 56.4 Å². The van der Waals surface area contributed by atoms with E-state index in [1.54, 1.807) is 18.2 Å². The molecule has 0 spiro atoms. The van der Waals surface area contributed by atoms with Gasteiger partial charge in [-0.2, -0.15) is 4.33 Å². The van der Waals surface area contributed by atoms with Crippen LogP contribution in [0.5, 0.6) is 11.5 Å². The van der Waals surface area contributed by atoms with Gasteiger partial charge in [-0.25, -0.2) is 13.0 Å². The Morgan fingerprint density at radius 3 is 2.42 bits per heavy atom. The molecule has 0 unspecified atom stereocenters. The SMILES string of the molecule is CN1c2cc3c(cc2C(CSOO[O-])=CC1(C)C)C(c1ccc(C(=O)NCCCCCCN=[N+]=[N-])cc1C(=O)[O-])=c1cc2c(cc1O3)=[N+](C)C(C)(C)C=C2CS(=O)(=O)[O-]. The molecule has 0 fully saturated rings. The van der Waals surface area contributed by atoms with Crippen LogP contribution < -0.4 is 40.5 Å². The zero-order valence-corrected chi connectivity index (χ0v) is 35.1. The highest BCUT2D eigenvalue weighted by Gasteiger charge is 2.36. The van der Waals surface area contributed by atoms with Crippen LogP contribution in [0.15, 0.2) is 59.7 Å². The molecule has 0 radical (unpaired) electrons. The molecule has 0 aromatic heterocycles. The molecule has 0 saturated heterocycles. The number of carbonyl (C=O) groups excluding carboxylic acids is 2. The van der Waals surface area contributed by atoms with E-state index < -0.39 is 38.8 Å². The number of hydrogen-bond donors (Lipinski definition) is 1. The molecule has 3 heterocycles. The standard InChI is InChI=1S/C41H46N6O10S2/c1-40(2)20-25(22-58-57-56-51)28-16-31-35(18-33(28)46(40)5)55-36-19-34-29(26(23-59(52,53)54)21-41(3,4)47(34)6)17-32(36)37(31)27-12-11-24(15-30(27)39(49)50)38(48)43-13-9-7-8-10-14-44-45-42/h11-12,15-21H,7-10,13-14,22-23H2,1-6H3,(H3-,43,48,49,50,51,52,53,54)/p-2. The first-order valence-corrected chi connectivity index (χ1v) is 21.4. The molecule has 6 rings (SSSR count). The van der Waals surface area contributed by atoms with E-state index in [4.69, 9.17) is 10.3 Å². The summed E-state index contributed by atoms with van der Waals surface area (Å²) in [5, 5.41) is 34.7. The Balaban J connectivity index is 1.56. The van der Waals surface area contributed by atoms with Gasteiger partial charge in [0.15, 0.2) is 5.54 Å². The first-order chi connectivity index (χ1) is 27.9. The monoisotopic (exact) mass is 844 g/mol. The Hall–Kier alpha value is -5.20. The van der Waals surface area contributed by atoms with Crippen LogP contribution in [0.1, 0.15) is 96.3 Å². The number of nitrogens with zero attached hydrogens (tertiary/aromatic N) is 5. The fraction of sp³-hybridized carbons (Fsp3) is 0.390. The molecule has 312 valence electrons. The molecule has 59 heavy (non-hydrogen) atoms. The van der Waals surface area contributed by atoms with Gasteiger partial charge in [0.1, 0.15) is 18.5 Å². The number of hydrogen-bond acceptors (Lipinski definition) is 13. The number of anilines is 1. The maximum absolute atomic E-state index is 13.3. The normalized spacial score (nSPS) is 16.0. The van der Waals surface area contributed by atoms with Gasteiger partial charge in [0.05, 0.1) is 39.0 Å². The van der Waals surface area contributed by atoms with Gasteiger partial charge in [-0.15, -0.1) is 0 Å². The number of rotatable bonds is 16. The average molecular weight is 845 g/mol. The summed E-state index contributed by atoms with van der Waals surface area (Å²) in [7, 11) is -0.949. The topological polar surface area (TPSA) is 232 Å². The molecule has 18 heteroatoms. The predicted molar refractivity (Wildman–Crippen MR) is 218 cm³/mol. The van der Waals surface area contributed by atoms with Crippen molar-refractivity contribution in [1.82, 2.24) is 9.89 Å². The number of carboxylic acid groups (broad SMARTS) is 1. The molecule has 3 aromatic rings. The van der Waals surface area contributed by atoms with Gasteiger partial charge < -0.3 is 34.7 Å². The summed E-state index contributed by atoms with van der Waals surface area (Å²) in [5.74, 6) is -1.84. The Morgan fingerprint density at radius 1 is 0.983 bits per heavy atom. The average Bonchev–Trinajstić information content (AvgIpc) is 3.17. The number of azide groups is 1. The third-order valence-corrected chi connectivity index (χ3v) is 12.3. The lowest BCUT2D eigenvalue weighted by Crippen LogP contribution is -2.47. The molecule has 0 atom stereocenters. The lowest BCUT2D eigenvalue weighted by molar-refractivity contribution is -0.777. The summed E-state index contributed by atoms with van der Waals surface area (Å²) in [5.41, 5.74) is 11.2. The number of aromatic carboxylic acids is 1. The molecule has 3 aromatic carbocycles. The molecule has 3 aliphatic heterocycles. The zero-order valence-electron chi connectivity index (χ0n) is 33.5. The lowest BCUT2D eigenvalue weighted by Gasteiger charge is -2.41. The first kappa shape index (κ1) is 43.4. The molecular formula is C41H44N6O10S2-2. The second-order valence-corrected chi connectivity index (χ2v) is 17.8. The van der Waals surface area contributed by atoms with Crippen LogP contribution in [-0.4, -0.2) is 74.6 Å². The smallest absolute Gasteiger partial charge is 0.251 e. The molecule has 1 N–H and O–H groups in total. The van der Waals surface area contributed by atoms with Crippen LogP contribution >= 0.6 is 12.0 Å². The summed E-state index contributed by atoms with van der Waals surface area (Å²) in [4.78, 5) is 31.2. The third-order valence-electron chi connectivity index (χ3n) is 11.1. The maximum atomic E-state index is 13.3. The van der Waals surface area contributed by atoms with Crippen LogP contribution in [0.3, 0.4) is 0 Å². The lowest BCUT2D eigenvalue weighted by atomic mass is 9.83. The number of carboxylic acids is 1. The molecule has 3 aliphatic rings. The maximum Gasteiger partial charge on any atom is 0.251 e. The highest BCUT2D eigenvalue weighted by atomic mass is 32.2. The summed E-state index contributed by atoms with van der Waals surface area (Å²) < 4.78 is 49.9. The van der Waals surface area contributed by atoms with E-state index in [0.29, 0.717) is 58.3 Å².